The Kier molecular flexibility index (Phi) is 11.1. The highest BCUT2D eigenvalue weighted by atomic mass is 127. The van der Waals surface area contributed by atoms with Crippen LogP contribution in [0.5, 0.6) is 0 Å². The molecule has 1 fully saturated rings. The molecule has 0 radical (unpaired) electrons. The van der Waals surface area contributed by atoms with E-state index in [9.17, 15) is 4.79 Å². The number of hydrogen-bond donors (Lipinski definition) is 2. The number of thiophene rings is 1. The second-order valence-electron chi connectivity index (χ2n) is 9.29. The molecule has 11 heteroatoms. The number of nitrogens with zero attached hydrogens (tertiary/aromatic N) is 5. The summed E-state index contributed by atoms with van der Waals surface area (Å²) in [7, 11) is 3.56. The van der Waals surface area contributed by atoms with Gasteiger partial charge in [0.1, 0.15) is 10.7 Å². The number of nitrogens with one attached hydrogen (secondary N) is 2. The van der Waals surface area contributed by atoms with Gasteiger partial charge in [-0.25, -0.2) is 15.0 Å². The van der Waals surface area contributed by atoms with Gasteiger partial charge in [-0.1, -0.05) is 27.7 Å². The average molecular weight is 702 g/mol. The highest BCUT2D eigenvalue weighted by molar-refractivity contribution is 14.2. The van der Waals surface area contributed by atoms with E-state index in [2.05, 4.69) is 72.0 Å². The first kappa shape index (κ1) is 31.3. The first-order chi connectivity index (χ1) is 20.0. The minimum absolute atomic E-state index is 0.0258. The highest BCUT2D eigenvalue weighted by Crippen LogP contribution is 2.41. The maximum atomic E-state index is 12.8. The Morgan fingerprint density at radius 1 is 1.02 bits per heavy atom. The SMILES string of the molecule is CC.CC.C[C@@H]1CNc2c(sc3ccc4nc(-c5cc(N6CCN(C)CC6)nc(C#CSI)n5)ccc4c23)C(=O)N1. The van der Waals surface area contributed by atoms with E-state index in [4.69, 9.17) is 15.0 Å². The van der Waals surface area contributed by atoms with Crippen molar-refractivity contribution < 1.29 is 4.79 Å². The number of carbonyl (C=O) groups is 1. The summed E-state index contributed by atoms with van der Waals surface area (Å²) in [6.07, 6.45) is 0. The zero-order valence-corrected chi connectivity index (χ0v) is 28.1. The number of amides is 1. The van der Waals surface area contributed by atoms with Crippen molar-refractivity contribution in [2.45, 2.75) is 40.7 Å². The van der Waals surface area contributed by atoms with Crippen molar-refractivity contribution in [3.8, 4) is 22.6 Å². The lowest BCUT2D eigenvalue weighted by Gasteiger charge is -2.33. The molecule has 8 nitrogen and oxygen atoms in total. The molecule has 0 unspecified atom stereocenters. The topological polar surface area (TPSA) is 86.3 Å². The molecule has 0 bridgehead atoms. The van der Waals surface area contributed by atoms with Gasteiger partial charge >= 0.3 is 0 Å². The Labute approximate surface area is 262 Å². The van der Waals surface area contributed by atoms with Crippen molar-refractivity contribution in [3.05, 3.63) is 41.0 Å². The molecule has 1 saturated heterocycles. The van der Waals surface area contributed by atoms with E-state index in [0.717, 1.165) is 74.9 Å². The number of piperazine rings is 1. The van der Waals surface area contributed by atoms with Crippen LogP contribution in [0, 0.1) is 11.2 Å². The summed E-state index contributed by atoms with van der Waals surface area (Å²) in [6.45, 7) is 14.5. The maximum absolute atomic E-state index is 12.8. The van der Waals surface area contributed by atoms with Crippen LogP contribution in [0.25, 0.3) is 32.4 Å². The Balaban J connectivity index is 0.000000929. The van der Waals surface area contributed by atoms with Crippen LogP contribution in [0.2, 0.25) is 0 Å². The molecular weight excluding hydrogens is 665 g/mol. The van der Waals surface area contributed by atoms with Crippen molar-refractivity contribution in [2.24, 2.45) is 0 Å². The molecule has 0 spiro atoms. The summed E-state index contributed by atoms with van der Waals surface area (Å²) in [4.78, 5) is 32.6. The Morgan fingerprint density at radius 3 is 2.51 bits per heavy atom. The molecule has 6 rings (SSSR count). The quantitative estimate of drug-likeness (QED) is 0.178. The van der Waals surface area contributed by atoms with Crippen LogP contribution in [-0.4, -0.2) is 71.6 Å². The lowest BCUT2D eigenvalue weighted by molar-refractivity contribution is 0.0949. The van der Waals surface area contributed by atoms with E-state index in [-0.39, 0.29) is 11.9 Å². The van der Waals surface area contributed by atoms with Gasteiger partial charge in [0.15, 0.2) is 0 Å². The van der Waals surface area contributed by atoms with Crippen molar-refractivity contribution in [1.29, 1.82) is 0 Å². The highest BCUT2D eigenvalue weighted by Gasteiger charge is 2.25. The summed E-state index contributed by atoms with van der Waals surface area (Å²) in [6, 6.07) is 10.3. The van der Waals surface area contributed by atoms with Crippen LogP contribution in [0.3, 0.4) is 0 Å². The number of fused-ring (bicyclic) bond motifs is 5. The number of anilines is 2. The average Bonchev–Trinajstić information content (AvgIpc) is 3.33. The van der Waals surface area contributed by atoms with Crippen molar-refractivity contribution in [2.75, 3.05) is 50.0 Å². The van der Waals surface area contributed by atoms with Crippen molar-refractivity contribution in [1.82, 2.24) is 25.2 Å². The minimum atomic E-state index is -0.0258. The number of halogens is 1. The van der Waals surface area contributed by atoms with E-state index in [1.165, 1.54) is 20.3 Å². The second-order valence-corrected chi connectivity index (χ2v) is 12.0. The monoisotopic (exact) mass is 701 g/mol. The Morgan fingerprint density at radius 2 is 1.78 bits per heavy atom. The van der Waals surface area contributed by atoms with Gasteiger partial charge in [0, 0.05) is 81.5 Å². The lowest BCUT2D eigenvalue weighted by atomic mass is 10.1. The fourth-order valence-electron chi connectivity index (χ4n) is 4.75. The lowest BCUT2D eigenvalue weighted by Crippen LogP contribution is -2.44. The fourth-order valence-corrected chi connectivity index (χ4v) is 6.31. The second kappa shape index (κ2) is 14.5. The number of pyridine rings is 1. The molecule has 4 aromatic rings. The summed E-state index contributed by atoms with van der Waals surface area (Å²) in [5, 5.41) is 11.6. The number of benzene rings is 1. The Bertz CT molecular complexity index is 1590. The van der Waals surface area contributed by atoms with Crippen LogP contribution in [-0.2, 0) is 0 Å². The van der Waals surface area contributed by atoms with Gasteiger partial charge in [-0.3, -0.25) is 4.79 Å². The minimum Gasteiger partial charge on any atom is -0.381 e. The van der Waals surface area contributed by atoms with Crippen molar-refractivity contribution >= 4 is 79.9 Å². The number of aromatic nitrogens is 3. The molecule has 2 aliphatic heterocycles. The normalized spacial score (nSPS) is 16.6. The van der Waals surface area contributed by atoms with E-state index < -0.39 is 0 Å². The van der Waals surface area contributed by atoms with Crippen molar-refractivity contribution in [3.63, 3.8) is 0 Å². The maximum Gasteiger partial charge on any atom is 0.263 e. The smallest absolute Gasteiger partial charge is 0.263 e. The molecule has 216 valence electrons. The van der Waals surface area contributed by atoms with Crippen LogP contribution in [0.4, 0.5) is 11.5 Å². The van der Waals surface area contributed by atoms with Gasteiger partial charge in [0.25, 0.3) is 5.91 Å². The number of rotatable bonds is 2. The molecule has 2 N–H and O–H groups in total. The summed E-state index contributed by atoms with van der Waals surface area (Å²) in [5.41, 5.74) is 3.29. The number of hydrogen-bond acceptors (Lipinski definition) is 9. The van der Waals surface area contributed by atoms with E-state index in [1.807, 2.05) is 52.8 Å². The van der Waals surface area contributed by atoms with E-state index in [1.54, 1.807) is 0 Å². The fraction of sp³-hybridized carbons (Fsp3) is 0.400. The molecule has 1 aromatic carbocycles. The van der Waals surface area contributed by atoms with Crippen LogP contribution >= 0.6 is 41.5 Å². The van der Waals surface area contributed by atoms with Gasteiger partial charge < -0.3 is 20.4 Å². The molecule has 5 heterocycles. The third-order valence-corrected chi connectivity index (χ3v) is 8.69. The van der Waals surface area contributed by atoms with Gasteiger partial charge in [0.05, 0.1) is 22.6 Å². The van der Waals surface area contributed by atoms with Crippen LogP contribution in [0.1, 0.15) is 50.1 Å². The molecule has 1 amide bonds. The molecule has 0 aliphatic carbocycles. The zero-order valence-electron chi connectivity index (χ0n) is 24.3. The molecule has 2 aliphatic rings. The predicted molar refractivity (Wildman–Crippen MR) is 184 cm³/mol. The van der Waals surface area contributed by atoms with Gasteiger partial charge in [-0.2, -0.15) is 0 Å². The first-order valence-electron chi connectivity index (χ1n) is 14.0. The number of carbonyl (C=O) groups excluding carboxylic acids is 1. The molecule has 1 atom stereocenters. The van der Waals surface area contributed by atoms with Gasteiger partial charge in [0.2, 0.25) is 5.82 Å². The Hall–Kier alpha value is -2.66. The molecule has 41 heavy (non-hydrogen) atoms. The largest absolute Gasteiger partial charge is 0.381 e. The molecular formula is C30H36IN7OS2. The summed E-state index contributed by atoms with van der Waals surface area (Å²) < 4.78 is 1.07. The third-order valence-electron chi connectivity index (χ3n) is 6.69. The first-order valence-corrected chi connectivity index (χ1v) is 18.2. The zero-order chi connectivity index (χ0) is 29.5. The molecule has 0 saturated carbocycles. The predicted octanol–water partition coefficient (Wildman–Crippen LogP) is 6.65. The van der Waals surface area contributed by atoms with Crippen LogP contribution in [0.15, 0.2) is 30.3 Å². The van der Waals surface area contributed by atoms with Gasteiger partial charge in [-0.15, -0.1) is 11.3 Å². The number of likely N-dealkylation sites (N-methyl/N-ethyl adjacent to an activating group) is 1. The summed E-state index contributed by atoms with van der Waals surface area (Å²) >= 11 is 3.67. The van der Waals surface area contributed by atoms with E-state index >= 15 is 0 Å². The van der Waals surface area contributed by atoms with Crippen LogP contribution < -0.4 is 15.5 Å². The third kappa shape index (κ3) is 6.88. The molecule has 3 aromatic heterocycles. The van der Waals surface area contributed by atoms with Gasteiger partial charge in [-0.05, 0) is 58.3 Å². The van der Waals surface area contributed by atoms with E-state index in [0.29, 0.717) is 12.4 Å². The summed E-state index contributed by atoms with van der Waals surface area (Å²) in [5.74, 6) is 4.43. The standard InChI is InChI=1S/C26H24IN7OS2.2C2H6/c1-15-14-28-24-23-16-3-4-18(30-17(16)5-6-20(23)37-25(24)26(35)29-15)19-13-22(32-21(31-19)7-12-36-27)34-10-8-33(2)9-11-34;2*1-2/h3-6,13,15,28H,8-11,14H2,1-2H3,(H,29,35);2*1-2H3/t15-;;/m1../s1.